The molecule has 0 saturated heterocycles. The monoisotopic (exact) mass is 201 g/mol. The minimum Gasteiger partial charge on any atom is -0.465 e. The Bertz CT molecular complexity index is 367. The molecule has 0 saturated carbocycles. The first-order valence-electron chi connectivity index (χ1n) is 5.19. The Morgan fingerprint density at radius 1 is 1.27 bits per heavy atom. The third-order valence-electron chi connectivity index (χ3n) is 2.41. The number of rotatable bonds is 2. The van der Waals surface area contributed by atoms with Crippen LogP contribution in [0.5, 0.6) is 5.75 Å². The van der Waals surface area contributed by atoms with E-state index in [0.717, 1.165) is 18.6 Å². The molecule has 0 aromatic heterocycles. The lowest BCUT2D eigenvalue weighted by Gasteiger charge is -2.13. The van der Waals surface area contributed by atoms with Crippen molar-refractivity contribution in [1.29, 1.82) is 0 Å². The van der Waals surface area contributed by atoms with Gasteiger partial charge in [-0.3, -0.25) is 0 Å². The second-order valence-corrected chi connectivity index (χ2v) is 3.69. The summed E-state index contributed by atoms with van der Waals surface area (Å²) in [6.07, 6.45) is 7.85. The van der Waals surface area contributed by atoms with Gasteiger partial charge in [0.1, 0.15) is 5.75 Å². The minimum absolute atomic E-state index is 0.207. The largest absolute Gasteiger partial charge is 0.465 e. The van der Waals surface area contributed by atoms with Crippen molar-refractivity contribution in [3.63, 3.8) is 0 Å². The van der Waals surface area contributed by atoms with Crippen molar-refractivity contribution in [1.82, 2.24) is 0 Å². The van der Waals surface area contributed by atoms with Gasteiger partial charge in [-0.25, -0.2) is 0 Å². The molecule has 1 aliphatic rings. The Balaban J connectivity index is 1.98. The molecule has 1 aromatic carbocycles. The number of benzene rings is 1. The van der Waals surface area contributed by atoms with Crippen LogP contribution >= 0.6 is 0 Å². The Hall–Kier alpha value is -1.54. The maximum atomic E-state index is 5.75. The zero-order valence-electron chi connectivity index (χ0n) is 8.60. The van der Waals surface area contributed by atoms with Crippen LogP contribution in [0.3, 0.4) is 0 Å². The van der Waals surface area contributed by atoms with Crippen LogP contribution in [0.15, 0.2) is 54.3 Å². The molecule has 2 rings (SSSR count). The number of ether oxygens (including phenoxy) is 1. The van der Waals surface area contributed by atoms with Gasteiger partial charge in [-0.05, 0) is 30.5 Å². The summed E-state index contributed by atoms with van der Waals surface area (Å²) in [5.74, 6) is 0.869. The van der Waals surface area contributed by atoms with E-state index >= 15 is 0 Å². The van der Waals surface area contributed by atoms with E-state index < -0.39 is 0 Å². The molecule has 2 N–H and O–H groups in total. The van der Waals surface area contributed by atoms with Gasteiger partial charge in [0, 0.05) is 6.04 Å². The van der Waals surface area contributed by atoms with Crippen molar-refractivity contribution in [3.05, 3.63) is 54.3 Å². The average molecular weight is 201 g/mol. The standard InChI is InChI=1S/C13H15NO/c14-12-8-6-11(7-9-12)10-15-13-4-2-1-3-5-13/h1-6,8,10,12H,7,9,14H2/b11-10-. The maximum Gasteiger partial charge on any atom is 0.126 e. The van der Waals surface area contributed by atoms with Crippen LogP contribution in [-0.2, 0) is 0 Å². The highest BCUT2D eigenvalue weighted by Crippen LogP contribution is 2.17. The molecule has 15 heavy (non-hydrogen) atoms. The molecule has 0 aliphatic heterocycles. The molecule has 0 heterocycles. The van der Waals surface area contributed by atoms with Crippen LogP contribution < -0.4 is 10.5 Å². The second kappa shape index (κ2) is 4.80. The normalized spacial score (nSPS) is 23.0. The average Bonchev–Trinajstić information content (AvgIpc) is 2.30. The van der Waals surface area contributed by atoms with Crippen LogP contribution in [-0.4, -0.2) is 6.04 Å². The van der Waals surface area contributed by atoms with Crippen molar-refractivity contribution in [2.24, 2.45) is 5.73 Å². The van der Waals surface area contributed by atoms with Gasteiger partial charge in [0.05, 0.1) is 6.26 Å². The lowest BCUT2D eigenvalue weighted by molar-refractivity contribution is 0.472. The molecule has 0 radical (unpaired) electrons. The number of nitrogens with two attached hydrogens (primary N) is 1. The van der Waals surface area contributed by atoms with E-state index in [-0.39, 0.29) is 6.04 Å². The van der Waals surface area contributed by atoms with E-state index in [4.69, 9.17) is 10.5 Å². The predicted octanol–water partition coefficient (Wildman–Crippen LogP) is 2.63. The molecule has 1 unspecified atom stereocenters. The Morgan fingerprint density at radius 2 is 2.07 bits per heavy atom. The van der Waals surface area contributed by atoms with E-state index in [9.17, 15) is 0 Å². The zero-order chi connectivity index (χ0) is 10.5. The second-order valence-electron chi connectivity index (χ2n) is 3.69. The summed E-state index contributed by atoms with van der Waals surface area (Å²) in [4.78, 5) is 0. The van der Waals surface area contributed by atoms with Crippen molar-refractivity contribution >= 4 is 0 Å². The third-order valence-corrected chi connectivity index (χ3v) is 2.41. The van der Waals surface area contributed by atoms with Crippen molar-refractivity contribution in [2.45, 2.75) is 18.9 Å². The quantitative estimate of drug-likeness (QED) is 0.746. The molecule has 1 aliphatic carbocycles. The SMILES string of the molecule is NC1C=C/C(=C/Oc2ccccc2)CC1. The number of hydrogen-bond acceptors (Lipinski definition) is 2. The minimum atomic E-state index is 0.207. The molecule has 2 nitrogen and oxygen atoms in total. The molecule has 0 spiro atoms. The summed E-state index contributed by atoms with van der Waals surface area (Å²) in [6.45, 7) is 0. The number of hydrogen-bond donors (Lipinski definition) is 1. The van der Waals surface area contributed by atoms with Gasteiger partial charge in [-0.15, -0.1) is 0 Å². The zero-order valence-corrected chi connectivity index (χ0v) is 8.60. The van der Waals surface area contributed by atoms with Gasteiger partial charge < -0.3 is 10.5 Å². The van der Waals surface area contributed by atoms with E-state index in [1.165, 1.54) is 5.57 Å². The third kappa shape index (κ3) is 2.96. The lowest BCUT2D eigenvalue weighted by atomic mass is 10.00. The molecule has 1 atom stereocenters. The highest BCUT2D eigenvalue weighted by Gasteiger charge is 2.06. The van der Waals surface area contributed by atoms with Gasteiger partial charge in [-0.2, -0.15) is 0 Å². The molecular weight excluding hydrogens is 186 g/mol. The molecule has 78 valence electrons. The number of para-hydroxylation sites is 1. The first-order chi connectivity index (χ1) is 7.34. The van der Waals surface area contributed by atoms with Gasteiger partial charge in [0.15, 0.2) is 0 Å². The van der Waals surface area contributed by atoms with Crippen LogP contribution in [0.4, 0.5) is 0 Å². The summed E-state index contributed by atoms with van der Waals surface area (Å²) in [5.41, 5.74) is 6.94. The van der Waals surface area contributed by atoms with Crippen LogP contribution in [0.2, 0.25) is 0 Å². The molecule has 0 fully saturated rings. The fraction of sp³-hybridized carbons (Fsp3) is 0.231. The van der Waals surface area contributed by atoms with Crippen LogP contribution in [0.25, 0.3) is 0 Å². The van der Waals surface area contributed by atoms with E-state index in [0.29, 0.717) is 0 Å². The van der Waals surface area contributed by atoms with Crippen LogP contribution in [0.1, 0.15) is 12.8 Å². The Morgan fingerprint density at radius 3 is 2.73 bits per heavy atom. The van der Waals surface area contributed by atoms with Gasteiger partial charge in [0.25, 0.3) is 0 Å². The summed E-state index contributed by atoms with van der Waals surface area (Å²) in [5, 5.41) is 0. The first kappa shape index (κ1) is 9.99. The van der Waals surface area contributed by atoms with E-state index in [1.807, 2.05) is 42.5 Å². The van der Waals surface area contributed by atoms with Crippen molar-refractivity contribution in [2.75, 3.05) is 0 Å². The highest BCUT2D eigenvalue weighted by atomic mass is 16.5. The molecule has 0 amide bonds. The van der Waals surface area contributed by atoms with Gasteiger partial charge >= 0.3 is 0 Å². The van der Waals surface area contributed by atoms with Crippen molar-refractivity contribution in [3.8, 4) is 5.75 Å². The molecule has 0 bridgehead atoms. The number of allylic oxidation sites excluding steroid dienone is 2. The van der Waals surface area contributed by atoms with Gasteiger partial charge in [0.2, 0.25) is 0 Å². The topological polar surface area (TPSA) is 35.2 Å². The molecular formula is C13H15NO. The van der Waals surface area contributed by atoms with Crippen molar-refractivity contribution < 1.29 is 4.74 Å². The van der Waals surface area contributed by atoms with Gasteiger partial charge in [-0.1, -0.05) is 30.4 Å². The lowest BCUT2D eigenvalue weighted by Crippen LogP contribution is -2.19. The highest BCUT2D eigenvalue weighted by molar-refractivity contribution is 5.26. The first-order valence-corrected chi connectivity index (χ1v) is 5.19. The molecule has 1 aromatic rings. The Labute approximate surface area is 90.1 Å². The smallest absolute Gasteiger partial charge is 0.126 e. The summed E-state index contributed by atoms with van der Waals surface area (Å²) in [7, 11) is 0. The van der Waals surface area contributed by atoms with E-state index in [1.54, 1.807) is 6.26 Å². The predicted molar refractivity (Wildman–Crippen MR) is 61.5 cm³/mol. The summed E-state index contributed by atoms with van der Waals surface area (Å²) >= 11 is 0. The summed E-state index contributed by atoms with van der Waals surface area (Å²) in [6, 6.07) is 9.98. The molecule has 2 heteroatoms. The maximum absolute atomic E-state index is 5.75. The fourth-order valence-corrected chi connectivity index (χ4v) is 1.50. The summed E-state index contributed by atoms with van der Waals surface area (Å²) < 4.78 is 5.53. The van der Waals surface area contributed by atoms with E-state index in [2.05, 4.69) is 0 Å². The van der Waals surface area contributed by atoms with Crippen LogP contribution in [0, 0.1) is 0 Å². The Kier molecular flexibility index (Phi) is 3.20. The fourth-order valence-electron chi connectivity index (χ4n) is 1.50.